The second-order valence-electron chi connectivity index (χ2n) is 5.17. The fourth-order valence-electron chi connectivity index (χ4n) is 2.15. The number of ether oxygens (including phenoxy) is 1. The molecule has 16 heavy (non-hydrogen) atoms. The molecule has 0 saturated carbocycles. The smallest absolute Gasteiger partial charge is 0.148 e. The lowest BCUT2D eigenvalue weighted by Crippen LogP contribution is -2.27. The highest BCUT2D eigenvalue weighted by atomic mass is 35.5. The highest BCUT2D eigenvalue weighted by Gasteiger charge is 2.29. The van der Waals surface area contributed by atoms with Crippen molar-refractivity contribution in [2.75, 3.05) is 13.2 Å². The maximum atomic E-state index is 5.90. The molecule has 0 amide bonds. The van der Waals surface area contributed by atoms with E-state index in [0.717, 1.165) is 31.3 Å². The normalized spacial score (nSPS) is 21.6. The minimum atomic E-state index is -0.0361. The Morgan fingerprint density at radius 3 is 2.69 bits per heavy atom. The van der Waals surface area contributed by atoms with Crippen molar-refractivity contribution in [2.45, 2.75) is 44.5 Å². The van der Waals surface area contributed by atoms with E-state index in [0.29, 0.717) is 11.8 Å². The molecule has 1 aromatic heterocycles. The molecule has 1 aliphatic rings. The van der Waals surface area contributed by atoms with Gasteiger partial charge in [0.05, 0.1) is 12.5 Å². The van der Waals surface area contributed by atoms with Crippen LogP contribution in [-0.2, 0) is 16.2 Å². The first-order valence-corrected chi connectivity index (χ1v) is 6.16. The van der Waals surface area contributed by atoms with Crippen molar-refractivity contribution in [3.05, 3.63) is 11.6 Å². The molecule has 0 aromatic carbocycles. The van der Waals surface area contributed by atoms with Crippen LogP contribution in [0.4, 0.5) is 0 Å². The average Bonchev–Trinajstić information content (AvgIpc) is 2.84. The SMILES string of the molecule is CC(C)(C)n1c(CCl)nnc1C1CCOC1. The van der Waals surface area contributed by atoms with Crippen LogP contribution in [0.25, 0.3) is 0 Å². The third kappa shape index (κ3) is 2.09. The molecule has 0 aliphatic carbocycles. The minimum absolute atomic E-state index is 0.0361. The quantitative estimate of drug-likeness (QED) is 0.749. The summed E-state index contributed by atoms with van der Waals surface area (Å²) in [5.74, 6) is 2.62. The Morgan fingerprint density at radius 2 is 2.19 bits per heavy atom. The van der Waals surface area contributed by atoms with Crippen LogP contribution in [-0.4, -0.2) is 28.0 Å². The zero-order valence-electron chi connectivity index (χ0n) is 10.0. The first-order chi connectivity index (χ1) is 7.54. The van der Waals surface area contributed by atoms with Gasteiger partial charge in [0.1, 0.15) is 11.6 Å². The van der Waals surface area contributed by atoms with Crippen molar-refractivity contribution >= 4 is 11.6 Å². The summed E-state index contributed by atoms with van der Waals surface area (Å²) in [6.07, 6.45) is 1.02. The monoisotopic (exact) mass is 243 g/mol. The highest BCUT2D eigenvalue weighted by Crippen LogP contribution is 2.29. The Kier molecular flexibility index (Phi) is 3.22. The first-order valence-electron chi connectivity index (χ1n) is 5.62. The summed E-state index contributed by atoms with van der Waals surface area (Å²) >= 11 is 5.90. The van der Waals surface area contributed by atoms with E-state index in [1.165, 1.54) is 0 Å². The molecule has 90 valence electrons. The van der Waals surface area contributed by atoms with Crippen LogP contribution >= 0.6 is 11.6 Å². The molecule has 1 saturated heterocycles. The van der Waals surface area contributed by atoms with Crippen LogP contribution in [0, 0.1) is 0 Å². The summed E-state index contributed by atoms with van der Waals surface area (Å²) in [7, 11) is 0. The highest BCUT2D eigenvalue weighted by molar-refractivity contribution is 6.16. The van der Waals surface area contributed by atoms with Gasteiger partial charge in [0.25, 0.3) is 0 Å². The van der Waals surface area contributed by atoms with Gasteiger partial charge in [-0.05, 0) is 27.2 Å². The van der Waals surface area contributed by atoms with Crippen molar-refractivity contribution in [1.82, 2.24) is 14.8 Å². The van der Waals surface area contributed by atoms with Crippen LogP contribution in [0.3, 0.4) is 0 Å². The Hall–Kier alpha value is -0.610. The zero-order valence-corrected chi connectivity index (χ0v) is 10.8. The van der Waals surface area contributed by atoms with Gasteiger partial charge in [0.15, 0.2) is 0 Å². The average molecular weight is 244 g/mol. The number of alkyl halides is 1. The van der Waals surface area contributed by atoms with Gasteiger partial charge in [0, 0.05) is 18.1 Å². The Morgan fingerprint density at radius 1 is 1.44 bits per heavy atom. The zero-order chi connectivity index (χ0) is 11.8. The van der Waals surface area contributed by atoms with Crippen LogP contribution < -0.4 is 0 Å². The molecule has 5 heteroatoms. The van der Waals surface area contributed by atoms with Crippen molar-refractivity contribution in [3.63, 3.8) is 0 Å². The number of hydrogen-bond acceptors (Lipinski definition) is 3. The van der Waals surface area contributed by atoms with E-state index in [9.17, 15) is 0 Å². The standard InChI is InChI=1S/C11H18ClN3O/c1-11(2,3)15-9(6-12)13-14-10(15)8-4-5-16-7-8/h8H,4-7H2,1-3H3. The van der Waals surface area contributed by atoms with E-state index >= 15 is 0 Å². The van der Waals surface area contributed by atoms with Crippen molar-refractivity contribution in [2.24, 2.45) is 0 Å². The lowest BCUT2D eigenvalue weighted by molar-refractivity contribution is 0.191. The first kappa shape index (κ1) is 11.9. The molecule has 0 N–H and O–H groups in total. The Bertz CT molecular complexity index is 364. The predicted molar refractivity (Wildman–Crippen MR) is 62.8 cm³/mol. The molecule has 0 radical (unpaired) electrons. The van der Waals surface area contributed by atoms with Crippen LogP contribution in [0.15, 0.2) is 0 Å². The van der Waals surface area contributed by atoms with E-state index in [-0.39, 0.29) is 5.54 Å². The third-order valence-corrected chi connectivity index (χ3v) is 3.08. The summed E-state index contributed by atoms with van der Waals surface area (Å²) < 4.78 is 7.56. The maximum Gasteiger partial charge on any atom is 0.148 e. The predicted octanol–water partition coefficient (Wildman–Crippen LogP) is 2.28. The van der Waals surface area contributed by atoms with Gasteiger partial charge in [-0.15, -0.1) is 21.8 Å². The molecular formula is C11H18ClN3O. The number of nitrogens with zero attached hydrogens (tertiary/aromatic N) is 3. The van der Waals surface area contributed by atoms with Crippen molar-refractivity contribution in [3.8, 4) is 0 Å². The van der Waals surface area contributed by atoms with Crippen molar-refractivity contribution < 1.29 is 4.74 Å². The number of rotatable bonds is 2. The summed E-state index contributed by atoms with van der Waals surface area (Å²) in [6, 6.07) is 0. The van der Waals surface area contributed by atoms with E-state index in [1.807, 2.05) is 0 Å². The molecule has 0 bridgehead atoms. The minimum Gasteiger partial charge on any atom is -0.381 e. The molecule has 4 nitrogen and oxygen atoms in total. The lowest BCUT2D eigenvalue weighted by Gasteiger charge is -2.26. The number of halogens is 1. The van der Waals surface area contributed by atoms with Gasteiger partial charge in [0.2, 0.25) is 0 Å². The van der Waals surface area contributed by atoms with Gasteiger partial charge in [-0.1, -0.05) is 0 Å². The molecule has 1 fully saturated rings. The molecule has 2 heterocycles. The van der Waals surface area contributed by atoms with Gasteiger partial charge in [-0.3, -0.25) is 0 Å². The third-order valence-electron chi connectivity index (χ3n) is 2.84. The number of hydrogen-bond donors (Lipinski definition) is 0. The largest absolute Gasteiger partial charge is 0.381 e. The second-order valence-corrected chi connectivity index (χ2v) is 5.44. The van der Waals surface area contributed by atoms with Gasteiger partial charge >= 0.3 is 0 Å². The Labute approximate surface area is 101 Å². The second kappa shape index (κ2) is 4.34. The molecule has 1 aromatic rings. The van der Waals surface area contributed by atoms with Gasteiger partial charge < -0.3 is 9.30 Å². The topological polar surface area (TPSA) is 39.9 Å². The van der Waals surface area contributed by atoms with Gasteiger partial charge in [-0.2, -0.15) is 0 Å². The molecule has 0 spiro atoms. The molecule has 1 atom stereocenters. The fourth-order valence-corrected chi connectivity index (χ4v) is 2.32. The summed E-state index contributed by atoms with van der Waals surface area (Å²) in [5, 5.41) is 8.46. The van der Waals surface area contributed by atoms with Crippen LogP contribution in [0.2, 0.25) is 0 Å². The summed E-state index contributed by atoms with van der Waals surface area (Å²) in [5.41, 5.74) is -0.0361. The molecule has 2 rings (SSSR count). The van der Waals surface area contributed by atoms with E-state index in [1.54, 1.807) is 0 Å². The van der Waals surface area contributed by atoms with E-state index in [4.69, 9.17) is 16.3 Å². The lowest BCUT2D eigenvalue weighted by atomic mass is 10.0. The van der Waals surface area contributed by atoms with E-state index < -0.39 is 0 Å². The Balaban J connectivity index is 2.41. The summed E-state index contributed by atoms with van der Waals surface area (Å²) in [4.78, 5) is 0. The molecule has 1 aliphatic heterocycles. The molecular weight excluding hydrogens is 226 g/mol. The fraction of sp³-hybridized carbons (Fsp3) is 0.818. The van der Waals surface area contributed by atoms with E-state index in [2.05, 4.69) is 35.5 Å². The van der Waals surface area contributed by atoms with Crippen molar-refractivity contribution in [1.29, 1.82) is 0 Å². The van der Waals surface area contributed by atoms with Crippen LogP contribution in [0.1, 0.15) is 44.8 Å². The number of aromatic nitrogens is 3. The van der Waals surface area contributed by atoms with Crippen LogP contribution in [0.5, 0.6) is 0 Å². The summed E-state index contributed by atoms with van der Waals surface area (Å²) in [6.45, 7) is 8.00. The van der Waals surface area contributed by atoms with Gasteiger partial charge in [-0.25, -0.2) is 0 Å². The maximum absolute atomic E-state index is 5.90. The molecule has 1 unspecified atom stereocenters.